The molecule has 1 saturated carbocycles. The van der Waals surface area contributed by atoms with Gasteiger partial charge in [0.2, 0.25) is 11.8 Å². The summed E-state index contributed by atoms with van der Waals surface area (Å²) < 4.78 is 0. The summed E-state index contributed by atoms with van der Waals surface area (Å²) >= 11 is 0. The second-order valence-corrected chi connectivity index (χ2v) is 6.50. The second-order valence-electron chi connectivity index (χ2n) is 6.50. The average molecular weight is 279 g/mol. The molecule has 3 fully saturated rings. The van der Waals surface area contributed by atoms with E-state index in [4.69, 9.17) is 0 Å². The fourth-order valence-corrected chi connectivity index (χ4v) is 3.88. The Balaban J connectivity index is 1.44. The molecule has 4 atom stereocenters. The highest BCUT2D eigenvalue weighted by Crippen LogP contribution is 2.32. The Labute approximate surface area is 120 Å². The van der Waals surface area contributed by atoms with Crippen molar-refractivity contribution >= 4 is 11.8 Å². The molecule has 20 heavy (non-hydrogen) atoms. The first-order valence-corrected chi connectivity index (χ1v) is 8.05. The van der Waals surface area contributed by atoms with Gasteiger partial charge in [-0.05, 0) is 38.0 Å². The molecule has 3 aliphatic rings. The number of fused-ring (bicyclic) bond motifs is 1. The summed E-state index contributed by atoms with van der Waals surface area (Å²) in [6, 6.07) is 0.628. The summed E-state index contributed by atoms with van der Waals surface area (Å²) in [5.74, 6) is 0.988. The van der Waals surface area contributed by atoms with Gasteiger partial charge in [-0.2, -0.15) is 0 Å². The predicted molar refractivity (Wildman–Crippen MR) is 76.1 cm³/mol. The Morgan fingerprint density at radius 3 is 2.80 bits per heavy atom. The molecule has 0 spiro atoms. The van der Waals surface area contributed by atoms with Crippen LogP contribution in [0.15, 0.2) is 0 Å². The van der Waals surface area contributed by atoms with Crippen LogP contribution in [0.2, 0.25) is 0 Å². The zero-order chi connectivity index (χ0) is 13.9. The highest BCUT2D eigenvalue weighted by Gasteiger charge is 2.34. The van der Waals surface area contributed by atoms with E-state index < -0.39 is 0 Å². The van der Waals surface area contributed by atoms with Gasteiger partial charge in [0.1, 0.15) is 0 Å². The molecule has 0 aromatic carbocycles. The summed E-state index contributed by atoms with van der Waals surface area (Å²) in [5.41, 5.74) is 0. The molecule has 2 heterocycles. The molecule has 112 valence electrons. The van der Waals surface area contributed by atoms with E-state index in [2.05, 4.69) is 16.0 Å². The fourth-order valence-electron chi connectivity index (χ4n) is 3.88. The number of piperidine rings is 1. The Kier molecular flexibility index (Phi) is 4.24. The number of hydrogen-bond acceptors (Lipinski definition) is 3. The fraction of sp³-hybridized carbons (Fsp3) is 0.867. The normalized spacial score (nSPS) is 37.1. The molecule has 4 unspecified atom stereocenters. The van der Waals surface area contributed by atoms with Crippen molar-refractivity contribution in [2.75, 3.05) is 6.54 Å². The van der Waals surface area contributed by atoms with E-state index in [1.165, 1.54) is 32.1 Å². The van der Waals surface area contributed by atoms with Crippen molar-refractivity contribution in [3.63, 3.8) is 0 Å². The van der Waals surface area contributed by atoms with Crippen molar-refractivity contribution < 1.29 is 9.59 Å². The first-order chi connectivity index (χ1) is 9.72. The topological polar surface area (TPSA) is 70.2 Å². The summed E-state index contributed by atoms with van der Waals surface area (Å²) in [7, 11) is 0. The van der Waals surface area contributed by atoms with Gasteiger partial charge in [-0.15, -0.1) is 0 Å². The Morgan fingerprint density at radius 1 is 1.15 bits per heavy atom. The smallest absolute Gasteiger partial charge is 0.237 e. The van der Waals surface area contributed by atoms with Crippen LogP contribution in [-0.2, 0) is 9.59 Å². The molecule has 0 aromatic heterocycles. The largest absolute Gasteiger partial charge is 0.353 e. The number of hydrogen-bond donors (Lipinski definition) is 3. The van der Waals surface area contributed by atoms with E-state index in [-0.39, 0.29) is 23.9 Å². The third kappa shape index (κ3) is 3.14. The summed E-state index contributed by atoms with van der Waals surface area (Å²) in [6.45, 7) is 0.566. The van der Waals surface area contributed by atoms with Crippen molar-refractivity contribution in [2.24, 2.45) is 5.92 Å². The van der Waals surface area contributed by atoms with Gasteiger partial charge in [0.05, 0.1) is 6.04 Å². The van der Waals surface area contributed by atoms with Crippen LogP contribution in [0.25, 0.3) is 0 Å². The number of carbonyl (C=O) groups excluding carboxylic acids is 2. The van der Waals surface area contributed by atoms with E-state index in [9.17, 15) is 9.59 Å². The van der Waals surface area contributed by atoms with Crippen LogP contribution in [0.4, 0.5) is 0 Å². The first kappa shape index (κ1) is 13.9. The molecule has 0 bridgehead atoms. The Hall–Kier alpha value is -1.10. The zero-order valence-corrected chi connectivity index (χ0v) is 12.0. The number of rotatable bonds is 3. The van der Waals surface area contributed by atoms with Crippen molar-refractivity contribution in [1.29, 1.82) is 0 Å². The lowest BCUT2D eigenvalue weighted by Gasteiger charge is -2.40. The standard InChI is InChI=1S/C15H25N3O2/c19-14-8-6-11(17-14)9-16-15(20)13-7-5-10-3-1-2-4-12(10)18-13/h10-13,18H,1-9H2,(H,16,20)(H,17,19). The van der Waals surface area contributed by atoms with Crippen molar-refractivity contribution in [1.82, 2.24) is 16.0 Å². The van der Waals surface area contributed by atoms with Crippen LogP contribution >= 0.6 is 0 Å². The van der Waals surface area contributed by atoms with E-state index in [0.717, 1.165) is 18.8 Å². The van der Waals surface area contributed by atoms with E-state index in [0.29, 0.717) is 19.0 Å². The number of carbonyl (C=O) groups is 2. The van der Waals surface area contributed by atoms with Gasteiger partial charge >= 0.3 is 0 Å². The van der Waals surface area contributed by atoms with Gasteiger partial charge < -0.3 is 16.0 Å². The van der Waals surface area contributed by atoms with Crippen LogP contribution in [0.1, 0.15) is 51.4 Å². The average Bonchev–Trinajstić information content (AvgIpc) is 2.90. The molecule has 2 saturated heterocycles. The third-order valence-corrected chi connectivity index (χ3v) is 5.07. The minimum absolute atomic E-state index is 0.0357. The summed E-state index contributed by atoms with van der Waals surface area (Å²) in [6.07, 6.45) is 8.72. The van der Waals surface area contributed by atoms with Crippen LogP contribution in [0, 0.1) is 5.92 Å². The molecule has 1 aliphatic carbocycles. The number of amides is 2. The summed E-state index contributed by atoms with van der Waals surface area (Å²) in [5, 5.41) is 9.42. The van der Waals surface area contributed by atoms with Gasteiger partial charge in [0.25, 0.3) is 0 Å². The third-order valence-electron chi connectivity index (χ3n) is 5.07. The maximum absolute atomic E-state index is 12.2. The van der Waals surface area contributed by atoms with Gasteiger partial charge in [-0.3, -0.25) is 9.59 Å². The predicted octanol–water partition coefficient (Wildman–Crippen LogP) is 0.692. The van der Waals surface area contributed by atoms with Crippen molar-refractivity contribution in [2.45, 2.75) is 69.5 Å². The molecular weight excluding hydrogens is 254 g/mol. The quantitative estimate of drug-likeness (QED) is 0.712. The lowest BCUT2D eigenvalue weighted by Crippen LogP contribution is -2.55. The molecule has 2 amide bonds. The molecule has 3 N–H and O–H groups in total. The van der Waals surface area contributed by atoms with Gasteiger partial charge in [0, 0.05) is 25.0 Å². The zero-order valence-electron chi connectivity index (χ0n) is 12.0. The van der Waals surface area contributed by atoms with Crippen LogP contribution in [-0.4, -0.2) is 36.5 Å². The maximum Gasteiger partial charge on any atom is 0.237 e. The monoisotopic (exact) mass is 279 g/mol. The van der Waals surface area contributed by atoms with Crippen molar-refractivity contribution in [3.8, 4) is 0 Å². The molecular formula is C15H25N3O2. The van der Waals surface area contributed by atoms with Crippen molar-refractivity contribution in [3.05, 3.63) is 0 Å². The van der Waals surface area contributed by atoms with E-state index in [1.54, 1.807) is 0 Å². The number of nitrogens with one attached hydrogen (secondary N) is 3. The van der Waals surface area contributed by atoms with Crippen LogP contribution < -0.4 is 16.0 Å². The van der Waals surface area contributed by atoms with Crippen LogP contribution in [0.5, 0.6) is 0 Å². The minimum Gasteiger partial charge on any atom is -0.353 e. The summed E-state index contributed by atoms with van der Waals surface area (Å²) in [4.78, 5) is 23.3. The molecule has 2 aliphatic heterocycles. The van der Waals surface area contributed by atoms with E-state index in [1.807, 2.05) is 0 Å². The van der Waals surface area contributed by atoms with E-state index >= 15 is 0 Å². The molecule has 5 nitrogen and oxygen atoms in total. The minimum atomic E-state index is -0.0357. The maximum atomic E-state index is 12.2. The van der Waals surface area contributed by atoms with Gasteiger partial charge in [-0.1, -0.05) is 12.8 Å². The Bertz CT molecular complexity index is 385. The SMILES string of the molecule is O=C1CCC(CNC(=O)C2CCC3CCCCC3N2)N1. The van der Waals surface area contributed by atoms with Crippen LogP contribution in [0.3, 0.4) is 0 Å². The highest BCUT2D eigenvalue weighted by molar-refractivity contribution is 5.82. The second kappa shape index (κ2) is 6.12. The molecule has 0 aromatic rings. The lowest BCUT2D eigenvalue weighted by atomic mass is 9.77. The molecule has 5 heteroatoms. The van der Waals surface area contributed by atoms with Gasteiger partial charge in [-0.25, -0.2) is 0 Å². The highest BCUT2D eigenvalue weighted by atomic mass is 16.2. The van der Waals surface area contributed by atoms with Gasteiger partial charge in [0.15, 0.2) is 0 Å². The lowest BCUT2D eigenvalue weighted by molar-refractivity contribution is -0.125. The Morgan fingerprint density at radius 2 is 2.00 bits per heavy atom. The molecule has 3 rings (SSSR count). The first-order valence-electron chi connectivity index (χ1n) is 8.05. The molecule has 0 radical (unpaired) electrons.